The summed E-state index contributed by atoms with van der Waals surface area (Å²) in [6, 6.07) is 0.130. The number of carbonyl (C=O) groups is 1. The second-order valence-electron chi connectivity index (χ2n) is 4.27. The van der Waals surface area contributed by atoms with Gasteiger partial charge in [0.2, 0.25) is 0 Å². The Morgan fingerprint density at radius 1 is 1.63 bits per heavy atom. The molecule has 1 atom stereocenters. The van der Waals surface area contributed by atoms with Crippen LogP contribution in [0.5, 0.6) is 0 Å². The third-order valence-corrected chi connectivity index (χ3v) is 5.21. The summed E-state index contributed by atoms with van der Waals surface area (Å²) in [5.41, 5.74) is 0.0682. The van der Waals surface area contributed by atoms with Crippen LogP contribution in [0.15, 0.2) is 10.7 Å². The van der Waals surface area contributed by atoms with Gasteiger partial charge in [-0.1, -0.05) is 0 Å². The molecule has 0 aromatic carbocycles. The molecular weight excluding hydrogens is 272 g/mol. The Hall–Kier alpha value is -1.57. The number of carbonyl (C=O) groups excluding carboxylic acids is 1. The van der Waals surface area contributed by atoms with Crippen molar-refractivity contribution in [3.05, 3.63) is 12.0 Å². The van der Waals surface area contributed by atoms with Crippen molar-refractivity contribution in [2.45, 2.75) is 25.0 Å². The fourth-order valence-corrected chi connectivity index (χ4v) is 3.71. The average Bonchev–Trinajstić information content (AvgIpc) is 2.93. The summed E-state index contributed by atoms with van der Waals surface area (Å²) in [5.74, 6) is -0.327. The van der Waals surface area contributed by atoms with Crippen molar-refractivity contribution in [2.75, 3.05) is 24.2 Å². The second-order valence-corrected chi connectivity index (χ2v) is 6.67. The van der Waals surface area contributed by atoms with Gasteiger partial charge in [-0.25, -0.2) is 13.2 Å². The van der Waals surface area contributed by atoms with Gasteiger partial charge in [-0.05, 0) is 19.8 Å². The molecule has 2 rings (SSSR count). The molecule has 106 valence electrons. The number of aromatic nitrogens is 1. The standard InChI is InChI=1S/C11H16N2O5S/c1-2-17-10(14)9-7-18-11(13-9)12-6-8-4-3-5-19(8,15)16/h7-8H,2-6H2,1H3,(H,12,13). The maximum atomic E-state index is 11.6. The summed E-state index contributed by atoms with van der Waals surface area (Å²) in [7, 11) is -3.00. The van der Waals surface area contributed by atoms with Gasteiger partial charge >= 0.3 is 5.97 Å². The Morgan fingerprint density at radius 3 is 3.05 bits per heavy atom. The quantitative estimate of drug-likeness (QED) is 0.801. The minimum Gasteiger partial charge on any atom is -0.461 e. The number of oxazole rings is 1. The Labute approximate surface area is 111 Å². The summed E-state index contributed by atoms with van der Waals surface area (Å²) in [6.45, 7) is 2.20. The van der Waals surface area contributed by atoms with Crippen LogP contribution in [0.25, 0.3) is 0 Å². The van der Waals surface area contributed by atoms with E-state index in [0.29, 0.717) is 12.8 Å². The summed E-state index contributed by atoms with van der Waals surface area (Å²) >= 11 is 0. The number of hydrogen-bond acceptors (Lipinski definition) is 7. The zero-order chi connectivity index (χ0) is 13.9. The van der Waals surface area contributed by atoms with Gasteiger partial charge in [-0.2, -0.15) is 4.98 Å². The molecule has 1 unspecified atom stereocenters. The predicted octanol–water partition coefficient (Wildman–Crippen LogP) is 0.840. The largest absolute Gasteiger partial charge is 0.461 e. The molecule has 19 heavy (non-hydrogen) atoms. The van der Waals surface area contributed by atoms with Crippen molar-refractivity contribution in [3.8, 4) is 0 Å². The number of ether oxygens (including phenoxy) is 1. The van der Waals surface area contributed by atoms with Gasteiger partial charge in [-0.3, -0.25) is 0 Å². The molecule has 1 saturated heterocycles. The smallest absolute Gasteiger partial charge is 0.360 e. The molecule has 0 bridgehead atoms. The normalized spacial score (nSPS) is 21.2. The van der Waals surface area contributed by atoms with Gasteiger partial charge < -0.3 is 14.5 Å². The molecule has 8 heteroatoms. The van der Waals surface area contributed by atoms with Crippen LogP contribution in [-0.2, 0) is 14.6 Å². The van der Waals surface area contributed by atoms with Crippen molar-refractivity contribution in [3.63, 3.8) is 0 Å². The van der Waals surface area contributed by atoms with Crippen LogP contribution in [0.3, 0.4) is 0 Å². The molecular formula is C11H16N2O5S. The van der Waals surface area contributed by atoms with Gasteiger partial charge in [0, 0.05) is 6.54 Å². The van der Waals surface area contributed by atoms with Gasteiger partial charge in [-0.15, -0.1) is 0 Å². The lowest BCUT2D eigenvalue weighted by atomic mass is 10.2. The predicted molar refractivity (Wildman–Crippen MR) is 67.8 cm³/mol. The molecule has 0 amide bonds. The molecule has 0 radical (unpaired) electrons. The van der Waals surface area contributed by atoms with E-state index in [0.717, 1.165) is 0 Å². The van der Waals surface area contributed by atoms with Crippen LogP contribution in [0.1, 0.15) is 30.3 Å². The number of hydrogen-bond donors (Lipinski definition) is 1. The first-order valence-corrected chi connectivity index (χ1v) is 7.82. The highest BCUT2D eigenvalue weighted by Gasteiger charge is 2.31. The van der Waals surface area contributed by atoms with E-state index in [1.807, 2.05) is 0 Å². The van der Waals surface area contributed by atoms with E-state index in [1.54, 1.807) is 6.92 Å². The van der Waals surface area contributed by atoms with Crippen LogP contribution < -0.4 is 5.32 Å². The van der Waals surface area contributed by atoms with Gasteiger partial charge in [0.05, 0.1) is 17.6 Å². The topological polar surface area (TPSA) is 98.5 Å². The Kier molecular flexibility index (Phi) is 4.08. The van der Waals surface area contributed by atoms with Crippen molar-refractivity contribution in [1.82, 2.24) is 4.98 Å². The Balaban J connectivity index is 1.92. The van der Waals surface area contributed by atoms with Gasteiger partial charge in [0.1, 0.15) is 6.26 Å². The SMILES string of the molecule is CCOC(=O)c1coc(NCC2CCCS2(=O)=O)n1. The summed E-state index contributed by atoms with van der Waals surface area (Å²) < 4.78 is 33.0. The van der Waals surface area contributed by atoms with E-state index in [4.69, 9.17) is 9.15 Å². The molecule has 0 saturated carbocycles. The van der Waals surface area contributed by atoms with Crippen LogP contribution in [0, 0.1) is 0 Å². The van der Waals surface area contributed by atoms with E-state index in [1.165, 1.54) is 6.26 Å². The first-order chi connectivity index (χ1) is 9.03. The van der Waals surface area contributed by atoms with Crippen LogP contribution in [0.2, 0.25) is 0 Å². The first-order valence-electron chi connectivity index (χ1n) is 6.11. The monoisotopic (exact) mass is 288 g/mol. The highest BCUT2D eigenvalue weighted by Crippen LogP contribution is 2.20. The highest BCUT2D eigenvalue weighted by atomic mass is 32.2. The average molecular weight is 288 g/mol. The fraction of sp³-hybridized carbons (Fsp3) is 0.636. The minimum absolute atomic E-state index is 0.0682. The minimum atomic E-state index is -3.00. The highest BCUT2D eigenvalue weighted by molar-refractivity contribution is 7.92. The zero-order valence-corrected chi connectivity index (χ0v) is 11.4. The lowest BCUT2D eigenvalue weighted by molar-refractivity contribution is 0.0519. The molecule has 1 aliphatic rings. The molecule has 1 fully saturated rings. The van der Waals surface area contributed by atoms with Crippen LogP contribution in [0.4, 0.5) is 6.01 Å². The van der Waals surface area contributed by atoms with Crippen LogP contribution >= 0.6 is 0 Å². The second kappa shape index (κ2) is 5.60. The van der Waals surface area contributed by atoms with E-state index < -0.39 is 21.1 Å². The third-order valence-electron chi connectivity index (χ3n) is 2.93. The molecule has 1 aromatic rings. The molecule has 0 aliphatic carbocycles. The van der Waals surface area contributed by atoms with E-state index in [9.17, 15) is 13.2 Å². The van der Waals surface area contributed by atoms with E-state index in [-0.39, 0.29) is 30.6 Å². The van der Waals surface area contributed by atoms with Crippen molar-refractivity contribution < 1.29 is 22.4 Å². The first kappa shape index (κ1) is 13.9. The van der Waals surface area contributed by atoms with Gasteiger partial charge in [0.25, 0.3) is 6.01 Å². The molecule has 7 nitrogen and oxygen atoms in total. The number of sulfone groups is 1. The number of rotatable bonds is 5. The molecule has 1 aromatic heterocycles. The molecule has 1 aliphatic heterocycles. The number of anilines is 1. The fourth-order valence-electron chi connectivity index (χ4n) is 1.94. The number of nitrogens with one attached hydrogen (secondary N) is 1. The lowest BCUT2D eigenvalue weighted by Crippen LogP contribution is -2.25. The third kappa shape index (κ3) is 3.25. The molecule has 1 N–H and O–H groups in total. The van der Waals surface area contributed by atoms with E-state index >= 15 is 0 Å². The summed E-state index contributed by atoms with van der Waals surface area (Å²) in [6.07, 6.45) is 2.51. The van der Waals surface area contributed by atoms with Crippen molar-refractivity contribution in [1.29, 1.82) is 0 Å². The Bertz CT molecular complexity index is 551. The lowest BCUT2D eigenvalue weighted by Gasteiger charge is -2.08. The number of nitrogens with zero attached hydrogens (tertiary/aromatic N) is 1. The summed E-state index contributed by atoms with van der Waals surface area (Å²) in [5, 5.41) is 2.38. The van der Waals surface area contributed by atoms with Gasteiger partial charge in [0.15, 0.2) is 15.5 Å². The Morgan fingerprint density at radius 2 is 2.42 bits per heavy atom. The van der Waals surface area contributed by atoms with Crippen molar-refractivity contribution >= 4 is 21.8 Å². The molecule has 2 heterocycles. The summed E-state index contributed by atoms with van der Waals surface area (Å²) in [4.78, 5) is 15.2. The number of esters is 1. The van der Waals surface area contributed by atoms with Crippen molar-refractivity contribution in [2.24, 2.45) is 0 Å². The maximum Gasteiger partial charge on any atom is 0.360 e. The maximum absolute atomic E-state index is 11.6. The molecule has 0 spiro atoms. The zero-order valence-electron chi connectivity index (χ0n) is 10.6. The van der Waals surface area contributed by atoms with Crippen LogP contribution in [-0.4, -0.2) is 43.5 Å². The van der Waals surface area contributed by atoms with E-state index in [2.05, 4.69) is 10.3 Å².